The van der Waals surface area contributed by atoms with E-state index in [1.54, 1.807) is 19.1 Å². The predicted octanol–water partition coefficient (Wildman–Crippen LogP) is 4.11. The first-order valence-corrected chi connectivity index (χ1v) is 6.88. The van der Waals surface area contributed by atoms with Gasteiger partial charge in [-0.2, -0.15) is 0 Å². The quantitative estimate of drug-likeness (QED) is 0.662. The molecule has 21 heavy (non-hydrogen) atoms. The molecule has 106 valence electrons. The summed E-state index contributed by atoms with van der Waals surface area (Å²) in [7, 11) is 1.97. The lowest BCUT2D eigenvalue weighted by Gasteiger charge is -2.01. The van der Waals surface area contributed by atoms with Gasteiger partial charge in [-0.1, -0.05) is 24.3 Å². The Labute approximate surface area is 122 Å². The Bertz CT molecular complexity index is 815. The van der Waals surface area contributed by atoms with Crippen molar-refractivity contribution in [1.29, 1.82) is 0 Å². The van der Waals surface area contributed by atoms with Crippen LogP contribution in [0.15, 0.2) is 48.7 Å². The van der Waals surface area contributed by atoms with Crippen LogP contribution in [0, 0.1) is 5.82 Å². The molecule has 0 aliphatic heterocycles. The Kier molecular flexibility index (Phi) is 3.34. The molecule has 0 atom stereocenters. The summed E-state index contributed by atoms with van der Waals surface area (Å²) in [6, 6.07) is 12.3. The van der Waals surface area contributed by atoms with Crippen LogP contribution in [0.1, 0.15) is 28.4 Å². The summed E-state index contributed by atoms with van der Waals surface area (Å²) in [5.41, 5.74) is 4.01. The number of hydrogen-bond acceptors (Lipinski definition) is 1. The maximum Gasteiger partial charge on any atom is 0.159 e. The number of rotatable bonds is 3. The van der Waals surface area contributed by atoms with Crippen LogP contribution in [-0.2, 0) is 13.5 Å². The van der Waals surface area contributed by atoms with Crippen LogP contribution in [0.2, 0.25) is 0 Å². The summed E-state index contributed by atoms with van der Waals surface area (Å²) >= 11 is 0. The van der Waals surface area contributed by atoms with E-state index in [-0.39, 0.29) is 11.6 Å². The molecular weight excluding hydrogens is 265 g/mol. The number of carbonyl (C=O) groups is 1. The van der Waals surface area contributed by atoms with Gasteiger partial charge in [0.25, 0.3) is 0 Å². The topological polar surface area (TPSA) is 22.0 Å². The Balaban J connectivity index is 2.03. The van der Waals surface area contributed by atoms with Crippen LogP contribution in [0.5, 0.6) is 0 Å². The summed E-state index contributed by atoms with van der Waals surface area (Å²) in [6.45, 7) is 1.57. The number of hydrogen-bond donors (Lipinski definition) is 0. The first-order chi connectivity index (χ1) is 10.0. The summed E-state index contributed by atoms with van der Waals surface area (Å²) in [4.78, 5) is 11.5. The van der Waals surface area contributed by atoms with Gasteiger partial charge >= 0.3 is 0 Å². The lowest BCUT2D eigenvalue weighted by molar-refractivity contribution is 0.101. The van der Waals surface area contributed by atoms with Gasteiger partial charge in [0.15, 0.2) is 5.78 Å². The van der Waals surface area contributed by atoms with Crippen molar-refractivity contribution in [2.24, 2.45) is 7.05 Å². The molecule has 1 aromatic heterocycles. The summed E-state index contributed by atoms with van der Waals surface area (Å²) in [6.07, 6.45) is 2.81. The molecule has 3 aromatic rings. The predicted molar refractivity (Wildman–Crippen MR) is 82.1 cm³/mol. The molecule has 3 rings (SSSR count). The number of aryl methyl sites for hydroxylation is 1. The number of ketones is 1. The molecule has 0 bridgehead atoms. The van der Waals surface area contributed by atoms with Crippen molar-refractivity contribution in [3.8, 4) is 0 Å². The van der Waals surface area contributed by atoms with Crippen molar-refractivity contribution in [1.82, 2.24) is 4.57 Å². The molecule has 0 saturated carbocycles. The lowest BCUT2D eigenvalue weighted by Crippen LogP contribution is -1.92. The van der Waals surface area contributed by atoms with Crippen molar-refractivity contribution in [2.75, 3.05) is 0 Å². The third kappa shape index (κ3) is 2.59. The fourth-order valence-electron chi connectivity index (χ4n) is 2.65. The number of carbonyl (C=O) groups excluding carboxylic acids is 1. The number of nitrogens with zero attached hydrogens (tertiary/aromatic N) is 1. The maximum absolute atomic E-state index is 13.0. The van der Waals surface area contributed by atoms with Crippen molar-refractivity contribution in [2.45, 2.75) is 13.3 Å². The van der Waals surface area contributed by atoms with E-state index in [0.717, 1.165) is 28.5 Å². The number of Topliss-reactive ketones (excluding diaryl/α,β-unsaturated/α-hetero) is 1. The van der Waals surface area contributed by atoms with Crippen LogP contribution in [-0.4, -0.2) is 10.4 Å². The minimum absolute atomic E-state index is 0.0678. The normalized spacial score (nSPS) is 11.0. The van der Waals surface area contributed by atoms with Gasteiger partial charge in [-0.15, -0.1) is 0 Å². The summed E-state index contributed by atoms with van der Waals surface area (Å²) in [5, 5.41) is 1.13. The summed E-state index contributed by atoms with van der Waals surface area (Å²) < 4.78 is 15.0. The number of aromatic nitrogens is 1. The molecule has 0 amide bonds. The highest BCUT2D eigenvalue weighted by atomic mass is 19.1. The minimum atomic E-state index is -0.220. The second kappa shape index (κ2) is 5.17. The molecule has 0 unspecified atom stereocenters. The zero-order valence-corrected chi connectivity index (χ0v) is 12.1. The average Bonchev–Trinajstić information content (AvgIpc) is 2.77. The minimum Gasteiger partial charge on any atom is -0.350 e. The fourth-order valence-corrected chi connectivity index (χ4v) is 2.65. The Morgan fingerprint density at radius 3 is 2.52 bits per heavy atom. The molecule has 0 radical (unpaired) electrons. The molecular formula is C18H16FNO. The fraction of sp³-hybridized carbons (Fsp3) is 0.167. The van der Waals surface area contributed by atoms with Crippen molar-refractivity contribution in [3.05, 3.63) is 71.2 Å². The Morgan fingerprint density at radius 1 is 1.14 bits per heavy atom. The van der Waals surface area contributed by atoms with E-state index in [4.69, 9.17) is 0 Å². The zero-order valence-electron chi connectivity index (χ0n) is 12.1. The van der Waals surface area contributed by atoms with Gasteiger partial charge in [-0.3, -0.25) is 4.79 Å². The highest BCUT2D eigenvalue weighted by molar-refractivity contribution is 5.98. The maximum atomic E-state index is 13.0. The van der Waals surface area contributed by atoms with E-state index in [2.05, 4.69) is 6.20 Å². The lowest BCUT2D eigenvalue weighted by atomic mass is 10.0. The van der Waals surface area contributed by atoms with E-state index >= 15 is 0 Å². The molecule has 0 N–H and O–H groups in total. The van der Waals surface area contributed by atoms with Gasteiger partial charge in [-0.25, -0.2) is 4.39 Å². The Morgan fingerprint density at radius 2 is 1.86 bits per heavy atom. The van der Waals surface area contributed by atoms with Crippen molar-refractivity contribution >= 4 is 16.7 Å². The first-order valence-electron chi connectivity index (χ1n) is 6.88. The summed E-state index contributed by atoms with van der Waals surface area (Å²) in [5.74, 6) is -0.152. The molecule has 2 aromatic carbocycles. The second-order valence-electron chi connectivity index (χ2n) is 5.36. The molecule has 3 heteroatoms. The van der Waals surface area contributed by atoms with Crippen LogP contribution < -0.4 is 0 Å². The number of fused-ring (bicyclic) bond motifs is 1. The molecule has 2 nitrogen and oxygen atoms in total. The van der Waals surface area contributed by atoms with E-state index in [1.165, 1.54) is 17.7 Å². The monoisotopic (exact) mass is 281 g/mol. The molecule has 0 saturated heterocycles. The van der Waals surface area contributed by atoms with Crippen LogP contribution in [0.25, 0.3) is 10.9 Å². The highest BCUT2D eigenvalue weighted by Gasteiger charge is 2.09. The Hall–Kier alpha value is -2.42. The largest absolute Gasteiger partial charge is 0.350 e. The SMILES string of the molecule is CC(=O)c1ccc2c(Cc3ccc(F)cc3)cn(C)c2c1. The van der Waals surface area contributed by atoms with E-state index in [0.29, 0.717) is 0 Å². The van der Waals surface area contributed by atoms with Gasteiger partial charge < -0.3 is 4.57 Å². The van der Waals surface area contributed by atoms with E-state index in [1.807, 2.05) is 29.8 Å². The highest BCUT2D eigenvalue weighted by Crippen LogP contribution is 2.24. The van der Waals surface area contributed by atoms with Gasteiger partial charge in [0.1, 0.15) is 5.82 Å². The van der Waals surface area contributed by atoms with Gasteiger partial charge in [0, 0.05) is 29.7 Å². The smallest absolute Gasteiger partial charge is 0.159 e. The van der Waals surface area contributed by atoms with Gasteiger partial charge in [0.2, 0.25) is 0 Å². The number of benzene rings is 2. The van der Waals surface area contributed by atoms with Crippen LogP contribution in [0.4, 0.5) is 4.39 Å². The van der Waals surface area contributed by atoms with E-state index < -0.39 is 0 Å². The van der Waals surface area contributed by atoms with Crippen LogP contribution in [0.3, 0.4) is 0 Å². The zero-order chi connectivity index (χ0) is 15.0. The third-order valence-corrected chi connectivity index (χ3v) is 3.79. The molecule has 0 fully saturated rings. The van der Waals surface area contributed by atoms with Gasteiger partial charge in [0.05, 0.1) is 0 Å². The molecule has 1 heterocycles. The third-order valence-electron chi connectivity index (χ3n) is 3.79. The second-order valence-corrected chi connectivity index (χ2v) is 5.36. The standard InChI is InChI=1S/C18H16FNO/c1-12(21)14-5-8-17-15(11-20(2)18(17)10-14)9-13-3-6-16(19)7-4-13/h3-8,10-11H,9H2,1-2H3. The van der Waals surface area contributed by atoms with Crippen molar-refractivity contribution in [3.63, 3.8) is 0 Å². The first kappa shape index (κ1) is 13.6. The van der Waals surface area contributed by atoms with Crippen molar-refractivity contribution < 1.29 is 9.18 Å². The molecule has 0 aliphatic carbocycles. The van der Waals surface area contributed by atoms with E-state index in [9.17, 15) is 9.18 Å². The average molecular weight is 281 g/mol. The van der Waals surface area contributed by atoms with Crippen LogP contribution >= 0.6 is 0 Å². The molecule has 0 aliphatic rings. The number of halogens is 1. The molecule has 0 spiro atoms. The van der Waals surface area contributed by atoms with Gasteiger partial charge in [-0.05, 0) is 42.7 Å².